The summed E-state index contributed by atoms with van der Waals surface area (Å²) in [6, 6.07) is 12.4. The van der Waals surface area contributed by atoms with Gasteiger partial charge in [0.25, 0.3) is 0 Å². The molecule has 0 radical (unpaired) electrons. The van der Waals surface area contributed by atoms with E-state index < -0.39 is 6.10 Å². The molecule has 0 aliphatic carbocycles. The monoisotopic (exact) mass is 272 g/mol. The molecule has 1 N–H and O–H groups in total. The summed E-state index contributed by atoms with van der Waals surface area (Å²) in [4.78, 5) is 0. The second-order valence-corrected chi connectivity index (χ2v) is 5.74. The van der Waals surface area contributed by atoms with Gasteiger partial charge in [0.05, 0.1) is 0 Å². The Morgan fingerprint density at radius 2 is 1.70 bits per heavy atom. The zero-order valence-electron chi connectivity index (χ0n) is 12.2. The van der Waals surface area contributed by atoms with Gasteiger partial charge in [-0.2, -0.15) is 0 Å². The number of halogens is 1. The van der Waals surface area contributed by atoms with Gasteiger partial charge in [0.15, 0.2) is 0 Å². The van der Waals surface area contributed by atoms with Crippen LogP contribution in [0.3, 0.4) is 0 Å². The smallest absolute Gasteiger partial charge is 0.123 e. The summed E-state index contributed by atoms with van der Waals surface area (Å²) in [6.07, 6.45) is 0.244. The summed E-state index contributed by atoms with van der Waals surface area (Å²) in [5.74, 6) is 0.289. The maximum Gasteiger partial charge on any atom is 0.123 e. The topological polar surface area (TPSA) is 20.2 Å². The van der Waals surface area contributed by atoms with Crippen molar-refractivity contribution < 1.29 is 9.50 Å². The molecular formula is C18H21FO. The van der Waals surface area contributed by atoms with Crippen LogP contribution in [0.5, 0.6) is 0 Å². The van der Waals surface area contributed by atoms with Gasteiger partial charge in [-0.15, -0.1) is 0 Å². The fourth-order valence-electron chi connectivity index (χ4n) is 2.39. The van der Waals surface area contributed by atoms with Gasteiger partial charge < -0.3 is 5.11 Å². The first-order valence-electron chi connectivity index (χ1n) is 7.00. The van der Waals surface area contributed by atoms with Crippen LogP contribution in [0.25, 0.3) is 0 Å². The molecule has 2 heteroatoms. The molecule has 2 aromatic carbocycles. The summed E-state index contributed by atoms with van der Waals surface area (Å²) in [5.41, 5.74) is 3.57. The molecule has 0 amide bonds. The van der Waals surface area contributed by atoms with E-state index in [1.807, 2.05) is 31.2 Å². The highest BCUT2D eigenvalue weighted by Crippen LogP contribution is 2.26. The molecule has 2 aromatic rings. The Morgan fingerprint density at radius 1 is 1.05 bits per heavy atom. The average molecular weight is 272 g/mol. The fourth-order valence-corrected chi connectivity index (χ4v) is 2.39. The quantitative estimate of drug-likeness (QED) is 0.873. The van der Waals surface area contributed by atoms with Crippen LogP contribution in [0.2, 0.25) is 0 Å². The lowest BCUT2D eigenvalue weighted by atomic mass is 9.95. The minimum Gasteiger partial charge on any atom is -0.384 e. The lowest BCUT2D eigenvalue weighted by molar-refractivity contribution is 0.219. The minimum atomic E-state index is -0.779. The predicted molar refractivity (Wildman–Crippen MR) is 80.2 cm³/mol. The van der Waals surface area contributed by atoms with Gasteiger partial charge in [-0.3, -0.25) is 0 Å². The normalized spacial score (nSPS) is 12.7. The van der Waals surface area contributed by atoms with Crippen LogP contribution in [0.1, 0.15) is 42.2 Å². The number of aliphatic hydroxyl groups excluding tert-OH is 1. The number of benzene rings is 2. The standard InChI is InChI=1S/C18H21FO/c1-12(2)10-14-5-7-15(8-6-14)18(20)17-11-16(19)9-4-13(17)3/h4-9,11-12,18,20H,10H2,1-3H3. The zero-order chi connectivity index (χ0) is 14.7. The van der Waals surface area contributed by atoms with Crippen LogP contribution in [0, 0.1) is 18.7 Å². The Hall–Kier alpha value is -1.67. The van der Waals surface area contributed by atoms with E-state index in [1.54, 1.807) is 6.07 Å². The van der Waals surface area contributed by atoms with E-state index in [-0.39, 0.29) is 5.82 Å². The fraction of sp³-hybridized carbons (Fsp3) is 0.333. The highest BCUT2D eigenvalue weighted by atomic mass is 19.1. The largest absolute Gasteiger partial charge is 0.384 e. The molecule has 1 atom stereocenters. The second kappa shape index (κ2) is 6.19. The molecule has 1 nitrogen and oxygen atoms in total. The Labute approximate surface area is 120 Å². The third kappa shape index (κ3) is 3.45. The summed E-state index contributed by atoms with van der Waals surface area (Å²) >= 11 is 0. The molecule has 0 saturated carbocycles. The third-order valence-corrected chi connectivity index (χ3v) is 3.48. The van der Waals surface area contributed by atoms with Gasteiger partial charge in [0.1, 0.15) is 11.9 Å². The molecule has 0 fully saturated rings. The first-order chi connectivity index (χ1) is 9.47. The van der Waals surface area contributed by atoms with Crippen molar-refractivity contribution in [3.8, 4) is 0 Å². The molecule has 106 valence electrons. The first-order valence-corrected chi connectivity index (χ1v) is 7.00. The van der Waals surface area contributed by atoms with Crippen LogP contribution in [-0.2, 0) is 6.42 Å². The van der Waals surface area contributed by atoms with E-state index in [9.17, 15) is 9.50 Å². The molecule has 0 aliphatic heterocycles. The molecule has 0 aromatic heterocycles. The molecule has 1 unspecified atom stereocenters. The molecule has 0 saturated heterocycles. The Balaban J connectivity index is 2.24. The van der Waals surface area contributed by atoms with Crippen molar-refractivity contribution in [2.45, 2.75) is 33.3 Å². The Bertz CT molecular complexity index is 572. The predicted octanol–water partition coefficient (Wildman–Crippen LogP) is 4.41. The molecular weight excluding hydrogens is 251 g/mol. The third-order valence-electron chi connectivity index (χ3n) is 3.48. The van der Waals surface area contributed by atoms with E-state index in [0.29, 0.717) is 11.5 Å². The van der Waals surface area contributed by atoms with Crippen molar-refractivity contribution >= 4 is 0 Å². The van der Waals surface area contributed by atoms with Gasteiger partial charge in [0, 0.05) is 0 Å². The van der Waals surface area contributed by atoms with Gasteiger partial charge in [0.2, 0.25) is 0 Å². The number of aryl methyl sites for hydroxylation is 1. The van der Waals surface area contributed by atoms with E-state index in [4.69, 9.17) is 0 Å². The van der Waals surface area contributed by atoms with Gasteiger partial charge >= 0.3 is 0 Å². The van der Waals surface area contributed by atoms with Crippen molar-refractivity contribution in [3.63, 3.8) is 0 Å². The SMILES string of the molecule is Cc1ccc(F)cc1C(O)c1ccc(CC(C)C)cc1. The van der Waals surface area contributed by atoms with Crippen LogP contribution in [-0.4, -0.2) is 5.11 Å². The van der Waals surface area contributed by atoms with E-state index in [2.05, 4.69) is 13.8 Å². The van der Waals surface area contributed by atoms with Crippen LogP contribution < -0.4 is 0 Å². The van der Waals surface area contributed by atoms with Crippen molar-refractivity contribution in [2.75, 3.05) is 0 Å². The van der Waals surface area contributed by atoms with Crippen LogP contribution in [0.15, 0.2) is 42.5 Å². The number of hydrogen-bond acceptors (Lipinski definition) is 1. The molecule has 0 heterocycles. The van der Waals surface area contributed by atoms with Crippen molar-refractivity contribution in [3.05, 3.63) is 70.5 Å². The van der Waals surface area contributed by atoms with Gasteiger partial charge in [-0.1, -0.05) is 44.2 Å². The highest BCUT2D eigenvalue weighted by molar-refractivity contribution is 5.36. The van der Waals surface area contributed by atoms with E-state index in [0.717, 1.165) is 17.5 Å². The minimum absolute atomic E-state index is 0.318. The van der Waals surface area contributed by atoms with Crippen molar-refractivity contribution in [1.82, 2.24) is 0 Å². The van der Waals surface area contributed by atoms with Crippen LogP contribution in [0.4, 0.5) is 4.39 Å². The summed E-state index contributed by atoms with van der Waals surface area (Å²) < 4.78 is 13.3. The lowest BCUT2D eigenvalue weighted by Crippen LogP contribution is -2.03. The highest BCUT2D eigenvalue weighted by Gasteiger charge is 2.13. The zero-order valence-corrected chi connectivity index (χ0v) is 12.2. The molecule has 2 rings (SSSR count). The number of rotatable bonds is 4. The number of aliphatic hydroxyl groups is 1. The van der Waals surface area contributed by atoms with E-state index >= 15 is 0 Å². The maximum absolute atomic E-state index is 13.3. The summed E-state index contributed by atoms with van der Waals surface area (Å²) in [5, 5.41) is 10.4. The number of hydrogen-bond donors (Lipinski definition) is 1. The lowest BCUT2D eigenvalue weighted by Gasteiger charge is -2.15. The average Bonchev–Trinajstić information content (AvgIpc) is 2.41. The van der Waals surface area contributed by atoms with Crippen molar-refractivity contribution in [1.29, 1.82) is 0 Å². The molecule has 0 bridgehead atoms. The second-order valence-electron chi connectivity index (χ2n) is 5.74. The molecule has 0 aliphatic rings. The van der Waals surface area contributed by atoms with Gasteiger partial charge in [-0.05, 0) is 53.6 Å². The van der Waals surface area contributed by atoms with Crippen LogP contribution >= 0.6 is 0 Å². The first kappa shape index (κ1) is 14.7. The molecule has 20 heavy (non-hydrogen) atoms. The summed E-state index contributed by atoms with van der Waals surface area (Å²) in [6.45, 7) is 6.24. The Kier molecular flexibility index (Phi) is 4.56. The summed E-state index contributed by atoms with van der Waals surface area (Å²) in [7, 11) is 0. The van der Waals surface area contributed by atoms with Gasteiger partial charge in [-0.25, -0.2) is 4.39 Å². The molecule has 0 spiro atoms. The maximum atomic E-state index is 13.3. The van der Waals surface area contributed by atoms with Crippen molar-refractivity contribution in [2.24, 2.45) is 5.92 Å². The van der Waals surface area contributed by atoms with E-state index in [1.165, 1.54) is 17.7 Å². The Morgan fingerprint density at radius 3 is 2.30 bits per heavy atom.